The number of fused-ring (bicyclic) bond motifs is 1. The molecule has 268 valence electrons. The Hall–Kier alpha value is -0.680. The third-order valence-corrected chi connectivity index (χ3v) is 10.4. The standard InChI is InChI=1S/C29H50O17/c1-40-15-3-10(4-16(41-2)20(15)33)27-17(7-12-13(32)5-11(31)6-14(12)43-27)44-29-26(39)24(37)22(35)19(46-29)9-42-28-25(38)23(36)21(34)18(8-30)45-28/h10-39H,3-9H2,1-2H3/p+1/t10?,11?,12?,13?,14?,15?,16?,17?,18-,19-,20?,21-,22-,23-,24-,25+,26-,27?,28+,29-/m1/s1. The molecule has 3 saturated heterocycles. The van der Waals surface area contributed by atoms with E-state index in [1.165, 1.54) is 14.2 Å². The van der Waals surface area contributed by atoms with Gasteiger partial charge in [0.05, 0.1) is 43.5 Å². The van der Waals surface area contributed by atoms with Crippen LogP contribution in [0, 0.1) is 11.8 Å². The molecule has 5 rings (SSSR count). The summed E-state index contributed by atoms with van der Waals surface area (Å²) in [6.45, 7) is -1.19. The maximum Gasteiger partial charge on any atom is 0.187 e. The summed E-state index contributed by atoms with van der Waals surface area (Å²) in [7, 11) is 2.98. The van der Waals surface area contributed by atoms with E-state index in [1.54, 1.807) is 0 Å². The Morgan fingerprint density at radius 2 is 1.22 bits per heavy atom. The van der Waals surface area contributed by atoms with Gasteiger partial charge in [0.25, 0.3) is 0 Å². The Balaban J connectivity index is 1.32. The molecule has 2 saturated carbocycles. The molecular formula is C29H51O17+. The van der Waals surface area contributed by atoms with Crippen LogP contribution in [0.5, 0.6) is 0 Å². The molecule has 3 heterocycles. The zero-order valence-corrected chi connectivity index (χ0v) is 25.9. The normalized spacial score (nSPS) is 53.5. The minimum Gasteiger partial charge on any atom is -0.427 e. The van der Waals surface area contributed by atoms with Gasteiger partial charge >= 0.3 is 0 Å². The summed E-state index contributed by atoms with van der Waals surface area (Å²) < 4.78 is 39.2. The minimum atomic E-state index is -1.75. The largest absolute Gasteiger partial charge is 0.427 e. The van der Waals surface area contributed by atoms with E-state index in [1.807, 2.05) is 0 Å². The van der Waals surface area contributed by atoms with Crippen LogP contribution in [0.4, 0.5) is 0 Å². The lowest BCUT2D eigenvalue weighted by molar-refractivity contribution is -0.363. The van der Waals surface area contributed by atoms with E-state index < -0.39 is 117 Å². The third kappa shape index (κ3) is 7.41. The van der Waals surface area contributed by atoms with E-state index in [9.17, 15) is 51.1 Å². The maximum absolute atomic E-state index is 10.9. The van der Waals surface area contributed by atoms with Crippen LogP contribution in [0.2, 0.25) is 0 Å². The topological polar surface area (TPSA) is 270 Å². The van der Waals surface area contributed by atoms with Crippen molar-refractivity contribution in [1.29, 1.82) is 0 Å². The zero-order chi connectivity index (χ0) is 33.4. The monoisotopic (exact) mass is 671 g/mol. The summed E-state index contributed by atoms with van der Waals surface area (Å²) in [4.78, 5) is 0. The highest BCUT2D eigenvalue weighted by molar-refractivity contribution is 5.00. The predicted octanol–water partition coefficient (Wildman–Crippen LogP) is -5.40. The second-order valence-electron chi connectivity index (χ2n) is 13.3. The molecule has 0 aromatic rings. The van der Waals surface area contributed by atoms with E-state index >= 15 is 0 Å². The van der Waals surface area contributed by atoms with Crippen molar-refractivity contribution in [1.82, 2.24) is 0 Å². The first-order valence-corrected chi connectivity index (χ1v) is 15.9. The van der Waals surface area contributed by atoms with Crippen molar-refractivity contribution in [3.05, 3.63) is 0 Å². The Bertz CT molecular complexity index is 947. The van der Waals surface area contributed by atoms with Crippen molar-refractivity contribution in [2.45, 2.75) is 142 Å². The smallest absolute Gasteiger partial charge is 0.187 e. The molecule has 0 spiro atoms. The summed E-state index contributed by atoms with van der Waals surface area (Å²) in [6.07, 6.45) is -19.4. The molecule has 5 fully saturated rings. The van der Waals surface area contributed by atoms with E-state index in [-0.39, 0.29) is 30.8 Å². The van der Waals surface area contributed by atoms with Gasteiger partial charge in [-0.05, 0) is 19.3 Å². The number of aliphatic hydroxyl groups is 12. The van der Waals surface area contributed by atoms with Crippen molar-refractivity contribution in [2.24, 2.45) is 11.8 Å². The molecule has 0 aromatic carbocycles. The fraction of sp³-hybridized carbons (Fsp3) is 1.00. The number of hydrogen-bond donors (Lipinski definition) is 10. The van der Waals surface area contributed by atoms with Gasteiger partial charge in [-0.2, -0.15) is 0 Å². The first kappa shape index (κ1) is 36.6. The summed E-state index contributed by atoms with van der Waals surface area (Å²) >= 11 is 0. The van der Waals surface area contributed by atoms with Gasteiger partial charge in [0.2, 0.25) is 0 Å². The lowest BCUT2D eigenvalue weighted by atomic mass is 9.72. The summed E-state index contributed by atoms with van der Waals surface area (Å²) in [5.74, 6) is -0.598. The molecule has 2 aliphatic carbocycles. The zero-order valence-electron chi connectivity index (χ0n) is 25.9. The molecule has 0 aromatic heterocycles. The van der Waals surface area contributed by atoms with Crippen LogP contribution in [-0.4, -0.2) is 193 Å². The van der Waals surface area contributed by atoms with Gasteiger partial charge in [-0.3, -0.25) is 0 Å². The maximum atomic E-state index is 10.9. The highest BCUT2D eigenvalue weighted by Gasteiger charge is 2.56. The molecule has 0 amide bonds. The molecule has 46 heavy (non-hydrogen) atoms. The Morgan fingerprint density at radius 1 is 0.630 bits per heavy atom. The summed E-state index contributed by atoms with van der Waals surface area (Å²) in [5, 5.41) is 104. The van der Waals surface area contributed by atoms with Gasteiger partial charge in [-0.25, -0.2) is 0 Å². The van der Waals surface area contributed by atoms with Gasteiger partial charge in [-0.15, -0.1) is 0 Å². The average molecular weight is 672 g/mol. The van der Waals surface area contributed by atoms with Crippen LogP contribution in [-0.2, 0) is 28.4 Å². The minimum absolute atomic E-state index is 0.173. The van der Waals surface area contributed by atoms with E-state index in [4.69, 9.17) is 33.2 Å². The number of rotatable bonds is 9. The van der Waals surface area contributed by atoms with Gasteiger partial charge in [0, 0.05) is 33.0 Å². The first-order chi connectivity index (χ1) is 21.9. The van der Waals surface area contributed by atoms with Crippen molar-refractivity contribution in [2.75, 3.05) is 27.4 Å². The second-order valence-corrected chi connectivity index (χ2v) is 13.3. The number of aliphatic hydroxyl groups excluding tert-OH is 10. The Labute approximate surface area is 266 Å². The van der Waals surface area contributed by atoms with Crippen LogP contribution in [0.1, 0.15) is 32.1 Å². The Kier molecular flexibility index (Phi) is 12.3. The molecule has 11 N–H and O–H groups in total. The van der Waals surface area contributed by atoms with Crippen molar-refractivity contribution < 1.29 is 84.2 Å². The third-order valence-electron chi connectivity index (χ3n) is 10.4. The van der Waals surface area contributed by atoms with Gasteiger partial charge in [-0.1, -0.05) is 0 Å². The van der Waals surface area contributed by atoms with Crippen LogP contribution >= 0.6 is 0 Å². The SMILES string of the molecule is COC1CC(C2[OH+]C3CC(O)CC(O)C3CC2O[C@@H]2O[C@H](CO[C@H]3O[C@H](CO)[C@@H](O)[C@@H](O)[C@@H]3O)[C@@H](O)[C@@H](O)[C@H]2O)CC(OC)C1O. The second kappa shape index (κ2) is 15.5. The number of hydrogen-bond acceptors (Lipinski definition) is 16. The average Bonchev–Trinajstić information content (AvgIpc) is 3.04. The van der Waals surface area contributed by atoms with Gasteiger partial charge in [0.15, 0.2) is 24.8 Å². The van der Waals surface area contributed by atoms with Gasteiger partial charge in [0.1, 0.15) is 61.0 Å². The van der Waals surface area contributed by atoms with E-state index in [0.717, 1.165) is 0 Å². The lowest BCUT2D eigenvalue weighted by Gasteiger charge is -2.49. The van der Waals surface area contributed by atoms with Crippen molar-refractivity contribution in [3.8, 4) is 0 Å². The molecule has 0 bridgehead atoms. The van der Waals surface area contributed by atoms with Crippen molar-refractivity contribution in [3.63, 3.8) is 0 Å². The molecule has 0 radical (unpaired) electrons. The highest BCUT2D eigenvalue weighted by atomic mass is 16.7. The van der Waals surface area contributed by atoms with E-state index in [0.29, 0.717) is 19.3 Å². The number of ether oxygens (including phenoxy) is 7. The van der Waals surface area contributed by atoms with Crippen LogP contribution in [0.3, 0.4) is 0 Å². The molecular weight excluding hydrogens is 620 g/mol. The lowest BCUT2D eigenvalue weighted by Crippen LogP contribution is -2.64. The fourth-order valence-electron chi connectivity index (χ4n) is 7.73. The van der Waals surface area contributed by atoms with Gasteiger partial charge < -0.3 is 84.2 Å². The molecule has 17 heteroatoms. The first-order valence-electron chi connectivity index (χ1n) is 15.9. The van der Waals surface area contributed by atoms with Crippen molar-refractivity contribution >= 4 is 0 Å². The predicted molar refractivity (Wildman–Crippen MR) is 151 cm³/mol. The van der Waals surface area contributed by atoms with Crippen LogP contribution in [0.25, 0.3) is 0 Å². The molecule has 18 atom stereocenters. The molecule has 3 aliphatic heterocycles. The summed E-state index contributed by atoms with van der Waals surface area (Å²) in [5.41, 5.74) is 0. The Morgan fingerprint density at radius 3 is 1.83 bits per heavy atom. The molecule has 8 unspecified atom stereocenters. The van der Waals surface area contributed by atoms with Crippen LogP contribution in [0.15, 0.2) is 0 Å². The number of methoxy groups -OCH3 is 2. The molecule has 17 nitrogen and oxygen atoms in total. The molecule has 5 aliphatic rings. The quantitative estimate of drug-likeness (QED) is 0.103. The highest BCUT2D eigenvalue weighted by Crippen LogP contribution is 2.43. The van der Waals surface area contributed by atoms with E-state index in [2.05, 4.69) is 0 Å². The summed E-state index contributed by atoms with van der Waals surface area (Å²) in [6, 6.07) is 0. The van der Waals surface area contributed by atoms with Crippen LogP contribution < -0.4 is 0 Å². The fourth-order valence-corrected chi connectivity index (χ4v) is 7.73.